The first-order valence-corrected chi connectivity index (χ1v) is 7.06. The van der Waals surface area contributed by atoms with Crippen LogP contribution in [0.4, 0.5) is 5.95 Å². The molecule has 1 aliphatic heterocycles. The van der Waals surface area contributed by atoms with Crippen LogP contribution in [0.1, 0.15) is 18.4 Å². The summed E-state index contributed by atoms with van der Waals surface area (Å²) >= 11 is 6.10. The van der Waals surface area contributed by atoms with Gasteiger partial charge in [-0.25, -0.2) is 4.98 Å². The summed E-state index contributed by atoms with van der Waals surface area (Å²) in [6.07, 6.45) is 1.32. The van der Waals surface area contributed by atoms with Crippen molar-refractivity contribution in [3.63, 3.8) is 0 Å². The average molecular weight is 294 g/mol. The molecule has 0 amide bonds. The second kappa shape index (κ2) is 4.98. The summed E-state index contributed by atoms with van der Waals surface area (Å²) < 4.78 is 0. The number of anilines is 1. The monoisotopic (exact) mass is 293 g/mol. The molecule has 5 nitrogen and oxygen atoms in total. The van der Waals surface area contributed by atoms with E-state index in [2.05, 4.69) is 14.9 Å². The molecule has 6 heteroatoms. The molecule has 2 aromatic rings. The molecular weight excluding hydrogens is 278 g/mol. The van der Waals surface area contributed by atoms with Crippen LogP contribution >= 0.6 is 11.6 Å². The summed E-state index contributed by atoms with van der Waals surface area (Å²) in [4.78, 5) is 20.9. The fraction of sp³-hybridized carbons (Fsp3) is 0.429. The number of H-pyrrole nitrogens is 1. The van der Waals surface area contributed by atoms with Crippen LogP contribution in [0.15, 0.2) is 12.1 Å². The second-order valence-corrected chi connectivity index (χ2v) is 5.69. The van der Waals surface area contributed by atoms with Crippen LogP contribution in [0.3, 0.4) is 0 Å². The molecule has 20 heavy (non-hydrogen) atoms. The number of carboxylic acid groups (broad SMARTS) is 1. The van der Waals surface area contributed by atoms with Gasteiger partial charge in [0.2, 0.25) is 5.95 Å². The number of hydrogen-bond donors (Lipinski definition) is 2. The van der Waals surface area contributed by atoms with Gasteiger partial charge in [-0.15, -0.1) is 0 Å². The number of hydrogen-bond acceptors (Lipinski definition) is 3. The zero-order valence-electron chi connectivity index (χ0n) is 11.2. The van der Waals surface area contributed by atoms with Crippen molar-refractivity contribution in [2.75, 3.05) is 18.0 Å². The maximum Gasteiger partial charge on any atom is 0.306 e. The Morgan fingerprint density at radius 2 is 2.15 bits per heavy atom. The average Bonchev–Trinajstić information content (AvgIpc) is 2.82. The van der Waals surface area contributed by atoms with Gasteiger partial charge in [0.15, 0.2) is 0 Å². The van der Waals surface area contributed by atoms with E-state index in [0.717, 1.165) is 22.5 Å². The number of aromatic amines is 1. The van der Waals surface area contributed by atoms with E-state index in [1.807, 2.05) is 19.1 Å². The predicted octanol–water partition coefficient (Wildman–Crippen LogP) is 2.83. The minimum atomic E-state index is -0.698. The third-order valence-electron chi connectivity index (χ3n) is 3.89. The smallest absolute Gasteiger partial charge is 0.306 e. The number of aryl methyl sites for hydroxylation is 1. The Kier molecular flexibility index (Phi) is 3.30. The minimum absolute atomic E-state index is 0.229. The highest BCUT2D eigenvalue weighted by Crippen LogP contribution is 2.26. The molecule has 2 heterocycles. The third kappa shape index (κ3) is 2.33. The lowest BCUT2D eigenvalue weighted by Gasteiger charge is -2.29. The van der Waals surface area contributed by atoms with Crippen molar-refractivity contribution in [3.8, 4) is 0 Å². The van der Waals surface area contributed by atoms with E-state index >= 15 is 0 Å². The quantitative estimate of drug-likeness (QED) is 0.893. The maximum atomic E-state index is 11.0. The SMILES string of the molecule is Cc1cc2[nH]c(N3CCC(C(=O)O)CC3)nc2cc1Cl. The summed E-state index contributed by atoms with van der Waals surface area (Å²) in [6.45, 7) is 3.38. The van der Waals surface area contributed by atoms with Gasteiger partial charge in [-0.05, 0) is 37.5 Å². The summed E-state index contributed by atoms with van der Waals surface area (Å²) in [7, 11) is 0. The Bertz CT molecular complexity index is 621. The first-order valence-electron chi connectivity index (χ1n) is 6.68. The van der Waals surface area contributed by atoms with E-state index in [-0.39, 0.29) is 5.92 Å². The number of rotatable bonds is 2. The molecule has 106 valence electrons. The number of imidazole rings is 1. The Balaban J connectivity index is 1.83. The molecule has 1 saturated heterocycles. The lowest BCUT2D eigenvalue weighted by atomic mass is 9.97. The number of carbonyl (C=O) groups is 1. The number of fused-ring (bicyclic) bond motifs is 1. The minimum Gasteiger partial charge on any atom is -0.481 e. The fourth-order valence-electron chi connectivity index (χ4n) is 2.61. The molecule has 0 spiro atoms. The first-order chi connectivity index (χ1) is 9.54. The van der Waals surface area contributed by atoms with Gasteiger partial charge in [-0.2, -0.15) is 0 Å². The molecule has 3 rings (SSSR count). The fourth-order valence-corrected chi connectivity index (χ4v) is 2.77. The molecular formula is C14H16ClN3O2. The number of halogens is 1. The van der Waals surface area contributed by atoms with Crippen LogP contribution in [0, 0.1) is 12.8 Å². The Labute approximate surface area is 121 Å². The molecule has 0 bridgehead atoms. The highest BCUT2D eigenvalue weighted by Gasteiger charge is 2.25. The van der Waals surface area contributed by atoms with Crippen LogP contribution < -0.4 is 4.90 Å². The van der Waals surface area contributed by atoms with Crippen LogP contribution in [-0.2, 0) is 4.79 Å². The van der Waals surface area contributed by atoms with Gasteiger partial charge in [0.05, 0.1) is 17.0 Å². The lowest BCUT2D eigenvalue weighted by Crippen LogP contribution is -2.36. The molecule has 1 fully saturated rings. The van der Waals surface area contributed by atoms with E-state index in [4.69, 9.17) is 16.7 Å². The summed E-state index contributed by atoms with van der Waals surface area (Å²) in [5.41, 5.74) is 2.82. The van der Waals surface area contributed by atoms with Gasteiger partial charge in [0.25, 0.3) is 0 Å². The Hall–Kier alpha value is -1.75. The second-order valence-electron chi connectivity index (χ2n) is 5.28. The largest absolute Gasteiger partial charge is 0.481 e. The zero-order valence-corrected chi connectivity index (χ0v) is 11.9. The standard InChI is InChI=1S/C14H16ClN3O2/c1-8-6-11-12(7-10(8)15)17-14(16-11)18-4-2-9(3-5-18)13(19)20/h6-7,9H,2-5H2,1H3,(H,16,17)(H,19,20). The van der Waals surface area contributed by atoms with Gasteiger partial charge in [0.1, 0.15) is 0 Å². The molecule has 2 N–H and O–H groups in total. The van der Waals surface area contributed by atoms with Gasteiger partial charge in [-0.3, -0.25) is 4.79 Å². The topological polar surface area (TPSA) is 69.2 Å². The van der Waals surface area contributed by atoms with Crippen LogP contribution in [0.2, 0.25) is 5.02 Å². The lowest BCUT2D eigenvalue weighted by molar-refractivity contribution is -0.142. The van der Waals surface area contributed by atoms with Crippen molar-refractivity contribution in [1.29, 1.82) is 0 Å². The van der Waals surface area contributed by atoms with Crippen LogP contribution in [-0.4, -0.2) is 34.1 Å². The molecule has 0 saturated carbocycles. The van der Waals surface area contributed by atoms with Crippen molar-refractivity contribution >= 4 is 34.6 Å². The Morgan fingerprint density at radius 1 is 1.45 bits per heavy atom. The van der Waals surface area contributed by atoms with Gasteiger partial charge in [0, 0.05) is 18.1 Å². The molecule has 0 unspecified atom stereocenters. The van der Waals surface area contributed by atoms with Gasteiger partial charge >= 0.3 is 5.97 Å². The number of carboxylic acids is 1. The van der Waals surface area contributed by atoms with E-state index in [1.54, 1.807) is 0 Å². The van der Waals surface area contributed by atoms with Crippen LogP contribution in [0.5, 0.6) is 0 Å². The van der Waals surface area contributed by atoms with Crippen LogP contribution in [0.25, 0.3) is 11.0 Å². The van der Waals surface area contributed by atoms with Crippen molar-refractivity contribution in [2.45, 2.75) is 19.8 Å². The first kappa shape index (κ1) is 13.2. The van der Waals surface area contributed by atoms with Crippen molar-refractivity contribution in [1.82, 2.24) is 9.97 Å². The van der Waals surface area contributed by atoms with Crippen molar-refractivity contribution < 1.29 is 9.90 Å². The van der Waals surface area contributed by atoms with Gasteiger partial charge < -0.3 is 15.0 Å². The van der Waals surface area contributed by atoms with Crippen molar-refractivity contribution in [3.05, 3.63) is 22.7 Å². The number of aliphatic carboxylic acids is 1. The number of aromatic nitrogens is 2. The third-order valence-corrected chi connectivity index (χ3v) is 4.30. The number of benzene rings is 1. The number of nitrogens with one attached hydrogen (secondary N) is 1. The molecule has 1 aromatic carbocycles. The summed E-state index contributed by atoms with van der Waals surface area (Å²) in [5.74, 6) is -0.130. The molecule has 1 aliphatic rings. The van der Waals surface area contributed by atoms with E-state index in [9.17, 15) is 4.79 Å². The molecule has 0 radical (unpaired) electrons. The zero-order chi connectivity index (χ0) is 14.3. The number of nitrogens with zero attached hydrogens (tertiary/aromatic N) is 2. The summed E-state index contributed by atoms with van der Waals surface area (Å²) in [5, 5.41) is 9.72. The summed E-state index contributed by atoms with van der Waals surface area (Å²) in [6, 6.07) is 3.84. The maximum absolute atomic E-state index is 11.0. The normalized spacial score (nSPS) is 16.8. The van der Waals surface area contributed by atoms with E-state index in [0.29, 0.717) is 31.0 Å². The Morgan fingerprint density at radius 3 is 2.80 bits per heavy atom. The highest BCUT2D eigenvalue weighted by molar-refractivity contribution is 6.32. The molecule has 0 aliphatic carbocycles. The highest BCUT2D eigenvalue weighted by atomic mass is 35.5. The van der Waals surface area contributed by atoms with E-state index in [1.165, 1.54) is 0 Å². The number of piperidine rings is 1. The predicted molar refractivity (Wildman–Crippen MR) is 78.4 cm³/mol. The van der Waals surface area contributed by atoms with Gasteiger partial charge in [-0.1, -0.05) is 11.6 Å². The molecule has 0 atom stereocenters. The van der Waals surface area contributed by atoms with Crippen molar-refractivity contribution in [2.24, 2.45) is 5.92 Å². The van der Waals surface area contributed by atoms with E-state index < -0.39 is 5.97 Å². The molecule has 1 aromatic heterocycles.